The number of anilines is 2. The SMILES string of the molecule is Cc1cc([N+](=O)[O-])ccc1NCc1cn[nH]c1N. The van der Waals surface area contributed by atoms with Crippen molar-refractivity contribution >= 4 is 17.2 Å². The molecule has 7 heteroatoms. The molecule has 0 fully saturated rings. The Morgan fingerprint density at radius 1 is 1.56 bits per heavy atom. The molecule has 0 spiro atoms. The summed E-state index contributed by atoms with van der Waals surface area (Å²) in [6.07, 6.45) is 1.64. The summed E-state index contributed by atoms with van der Waals surface area (Å²) in [5.74, 6) is 0.516. The number of nitro groups is 1. The van der Waals surface area contributed by atoms with Crippen molar-refractivity contribution in [2.75, 3.05) is 11.1 Å². The number of nitro benzene ring substituents is 1. The number of nitrogen functional groups attached to an aromatic ring is 1. The van der Waals surface area contributed by atoms with Crippen LogP contribution in [0.3, 0.4) is 0 Å². The Bertz CT molecular complexity index is 579. The molecule has 0 amide bonds. The minimum atomic E-state index is -0.412. The largest absolute Gasteiger partial charge is 0.384 e. The van der Waals surface area contributed by atoms with E-state index in [0.29, 0.717) is 12.4 Å². The van der Waals surface area contributed by atoms with Crippen LogP contribution < -0.4 is 11.1 Å². The molecule has 94 valence electrons. The van der Waals surface area contributed by atoms with Crippen molar-refractivity contribution in [2.45, 2.75) is 13.5 Å². The number of benzene rings is 1. The molecular weight excluding hydrogens is 234 g/mol. The smallest absolute Gasteiger partial charge is 0.269 e. The number of H-pyrrole nitrogens is 1. The highest BCUT2D eigenvalue weighted by atomic mass is 16.6. The standard InChI is InChI=1S/C11H13N5O2/c1-7-4-9(16(17)18)2-3-10(7)13-5-8-6-14-15-11(8)12/h2-4,6,13H,5H2,1H3,(H3,12,14,15). The van der Waals surface area contributed by atoms with Crippen molar-refractivity contribution in [3.05, 3.63) is 45.6 Å². The maximum atomic E-state index is 10.6. The van der Waals surface area contributed by atoms with E-state index in [0.717, 1.165) is 16.8 Å². The van der Waals surface area contributed by atoms with Gasteiger partial charge in [-0.25, -0.2) is 0 Å². The quantitative estimate of drug-likeness (QED) is 0.563. The number of aryl methyl sites for hydroxylation is 1. The van der Waals surface area contributed by atoms with Crippen molar-refractivity contribution < 1.29 is 4.92 Å². The molecular formula is C11H13N5O2. The molecule has 0 saturated heterocycles. The van der Waals surface area contributed by atoms with Crippen molar-refractivity contribution in [1.82, 2.24) is 10.2 Å². The molecule has 7 nitrogen and oxygen atoms in total. The van der Waals surface area contributed by atoms with Gasteiger partial charge in [0.2, 0.25) is 0 Å². The number of aromatic nitrogens is 2. The van der Waals surface area contributed by atoms with Gasteiger partial charge >= 0.3 is 0 Å². The van der Waals surface area contributed by atoms with Crippen LogP contribution in [-0.4, -0.2) is 15.1 Å². The van der Waals surface area contributed by atoms with Gasteiger partial charge in [-0.2, -0.15) is 5.10 Å². The third-order valence-electron chi connectivity index (χ3n) is 2.64. The first-order valence-electron chi connectivity index (χ1n) is 5.34. The van der Waals surface area contributed by atoms with Gasteiger partial charge in [0.05, 0.1) is 11.1 Å². The van der Waals surface area contributed by atoms with Gasteiger partial charge in [0.15, 0.2) is 0 Å². The predicted octanol–water partition coefficient (Wildman–Crippen LogP) is 1.82. The second kappa shape index (κ2) is 4.74. The van der Waals surface area contributed by atoms with Crippen LogP contribution in [0.5, 0.6) is 0 Å². The Hall–Kier alpha value is -2.57. The molecule has 18 heavy (non-hydrogen) atoms. The van der Waals surface area contributed by atoms with Crippen molar-refractivity contribution in [2.24, 2.45) is 0 Å². The average Bonchev–Trinajstić information content (AvgIpc) is 2.73. The highest BCUT2D eigenvalue weighted by molar-refractivity contribution is 5.56. The van der Waals surface area contributed by atoms with E-state index < -0.39 is 4.92 Å². The lowest BCUT2D eigenvalue weighted by atomic mass is 10.1. The highest BCUT2D eigenvalue weighted by Gasteiger charge is 2.08. The molecule has 0 unspecified atom stereocenters. The number of hydrogen-bond acceptors (Lipinski definition) is 5. The summed E-state index contributed by atoms with van der Waals surface area (Å²) >= 11 is 0. The van der Waals surface area contributed by atoms with Crippen molar-refractivity contribution in [3.8, 4) is 0 Å². The maximum Gasteiger partial charge on any atom is 0.269 e. The molecule has 2 aromatic rings. The summed E-state index contributed by atoms with van der Waals surface area (Å²) in [6.45, 7) is 2.33. The lowest BCUT2D eigenvalue weighted by Gasteiger charge is -2.08. The Labute approximate surface area is 103 Å². The zero-order valence-corrected chi connectivity index (χ0v) is 9.80. The predicted molar refractivity (Wildman–Crippen MR) is 68.2 cm³/mol. The molecule has 0 bridgehead atoms. The first kappa shape index (κ1) is 11.9. The fourth-order valence-electron chi connectivity index (χ4n) is 1.61. The van der Waals surface area contributed by atoms with Crippen LogP contribution >= 0.6 is 0 Å². The lowest BCUT2D eigenvalue weighted by Crippen LogP contribution is -2.03. The number of aromatic amines is 1. The van der Waals surface area contributed by atoms with Gasteiger partial charge in [-0.05, 0) is 18.6 Å². The zero-order chi connectivity index (χ0) is 13.1. The number of nitrogens with zero attached hydrogens (tertiary/aromatic N) is 2. The van der Waals surface area contributed by atoms with Crippen LogP contribution in [0.4, 0.5) is 17.2 Å². The number of non-ortho nitro benzene ring substituents is 1. The van der Waals surface area contributed by atoms with Gasteiger partial charge in [0.1, 0.15) is 5.82 Å². The number of hydrogen-bond donors (Lipinski definition) is 3. The van der Waals surface area contributed by atoms with E-state index in [4.69, 9.17) is 5.73 Å². The topological polar surface area (TPSA) is 110 Å². The van der Waals surface area contributed by atoms with E-state index in [2.05, 4.69) is 15.5 Å². The van der Waals surface area contributed by atoms with Gasteiger partial charge in [-0.15, -0.1) is 0 Å². The molecule has 0 atom stereocenters. The van der Waals surface area contributed by atoms with E-state index in [1.54, 1.807) is 12.3 Å². The first-order chi connectivity index (χ1) is 8.58. The monoisotopic (exact) mass is 247 g/mol. The molecule has 1 aromatic carbocycles. The van der Waals surface area contributed by atoms with Gasteiger partial charge in [-0.3, -0.25) is 15.2 Å². The second-order valence-corrected chi connectivity index (χ2v) is 3.92. The van der Waals surface area contributed by atoms with Gasteiger partial charge in [-0.1, -0.05) is 0 Å². The van der Waals surface area contributed by atoms with E-state index in [1.165, 1.54) is 12.1 Å². The maximum absolute atomic E-state index is 10.6. The summed E-state index contributed by atoms with van der Waals surface area (Å²) in [5, 5.41) is 20.2. The first-order valence-corrected chi connectivity index (χ1v) is 5.34. The number of rotatable bonds is 4. The van der Waals surface area contributed by atoms with Gasteiger partial charge in [0.25, 0.3) is 5.69 Å². The molecule has 0 aliphatic carbocycles. The summed E-state index contributed by atoms with van der Waals surface area (Å²) < 4.78 is 0. The summed E-state index contributed by atoms with van der Waals surface area (Å²) in [6, 6.07) is 4.68. The van der Waals surface area contributed by atoms with E-state index in [9.17, 15) is 10.1 Å². The van der Waals surface area contributed by atoms with Gasteiger partial charge < -0.3 is 11.1 Å². The lowest BCUT2D eigenvalue weighted by molar-refractivity contribution is -0.384. The van der Waals surface area contributed by atoms with Crippen LogP contribution in [0.25, 0.3) is 0 Å². The number of nitrogens with two attached hydrogens (primary N) is 1. The van der Waals surface area contributed by atoms with E-state index >= 15 is 0 Å². The average molecular weight is 247 g/mol. The molecule has 4 N–H and O–H groups in total. The fourth-order valence-corrected chi connectivity index (χ4v) is 1.61. The van der Waals surface area contributed by atoms with Crippen LogP contribution in [-0.2, 0) is 6.54 Å². The Balaban J connectivity index is 2.11. The third-order valence-corrected chi connectivity index (χ3v) is 2.64. The summed E-state index contributed by atoms with van der Waals surface area (Å²) in [7, 11) is 0. The van der Waals surface area contributed by atoms with Crippen LogP contribution in [0.15, 0.2) is 24.4 Å². The van der Waals surface area contributed by atoms with Crippen LogP contribution in [0, 0.1) is 17.0 Å². The molecule has 0 radical (unpaired) electrons. The van der Waals surface area contributed by atoms with Crippen molar-refractivity contribution in [1.29, 1.82) is 0 Å². The normalized spacial score (nSPS) is 10.3. The minimum Gasteiger partial charge on any atom is -0.384 e. The summed E-state index contributed by atoms with van der Waals surface area (Å²) in [5.41, 5.74) is 8.24. The molecule has 0 saturated carbocycles. The Kier molecular flexibility index (Phi) is 3.13. The molecule has 0 aliphatic heterocycles. The zero-order valence-electron chi connectivity index (χ0n) is 9.80. The second-order valence-electron chi connectivity index (χ2n) is 3.92. The molecule has 2 rings (SSSR count). The Morgan fingerprint density at radius 3 is 2.89 bits per heavy atom. The van der Waals surface area contributed by atoms with E-state index in [1.807, 2.05) is 6.92 Å². The van der Waals surface area contributed by atoms with Gasteiger partial charge in [0, 0.05) is 29.9 Å². The molecule has 0 aliphatic rings. The van der Waals surface area contributed by atoms with Crippen LogP contribution in [0.1, 0.15) is 11.1 Å². The molecule has 1 heterocycles. The highest BCUT2D eigenvalue weighted by Crippen LogP contribution is 2.22. The van der Waals surface area contributed by atoms with E-state index in [-0.39, 0.29) is 5.69 Å². The Morgan fingerprint density at radius 2 is 2.33 bits per heavy atom. The minimum absolute atomic E-state index is 0.0841. The van der Waals surface area contributed by atoms with Crippen LogP contribution in [0.2, 0.25) is 0 Å². The van der Waals surface area contributed by atoms with Crippen molar-refractivity contribution in [3.63, 3.8) is 0 Å². The fraction of sp³-hybridized carbons (Fsp3) is 0.182. The molecule has 1 aromatic heterocycles. The third kappa shape index (κ3) is 2.40. The number of nitrogens with one attached hydrogen (secondary N) is 2. The summed E-state index contributed by atoms with van der Waals surface area (Å²) in [4.78, 5) is 10.2.